The first-order valence-electron chi connectivity index (χ1n) is 10.6. The van der Waals surface area contributed by atoms with Crippen LogP contribution in [0.4, 0.5) is 8.78 Å². The highest BCUT2D eigenvalue weighted by Crippen LogP contribution is 2.32. The van der Waals surface area contributed by atoms with Gasteiger partial charge < -0.3 is 14.6 Å². The van der Waals surface area contributed by atoms with Crippen LogP contribution in [-0.4, -0.2) is 23.6 Å². The van der Waals surface area contributed by atoms with Crippen LogP contribution >= 0.6 is 0 Å². The molecule has 1 aromatic heterocycles. The Kier molecular flexibility index (Phi) is 6.07. The largest absolute Gasteiger partial charge is 0.497 e. The second-order valence-corrected chi connectivity index (χ2v) is 8.00. The zero-order valence-corrected chi connectivity index (χ0v) is 17.8. The molecule has 6 heteroatoms. The maximum atomic E-state index is 14.7. The number of amides is 1. The normalized spacial score (nSPS) is 14.5. The Morgan fingerprint density at radius 3 is 2.39 bits per heavy atom. The van der Waals surface area contributed by atoms with E-state index in [1.165, 1.54) is 18.6 Å². The average molecular weight is 424 g/mol. The smallest absolute Gasteiger partial charge is 0.253 e. The third kappa shape index (κ3) is 4.33. The molecule has 2 aromatic carbocycles. The van der Waals surface area contributed by atoms with E-state index in [0.29, 0.717) is 22.7 Å². The quantitative estimate of drug-likeness (QED) is 0.562. The van der Waals surface area contributed by atoms with Crippen molar-refractivity contribution in [2.45, 2.75) is 45.1 Å². The Balaban J connectivity index is 1.79. The van der Waals surface area contributed by atoms with E-state index < -0.39 is 11.6 Å². The molecule has 1 aliphatic rings. The molecule has 0 unspecified atom stereocenters. The highest BCUT2D eigenvalue weighted by atomic mass is 19.1. The van der Waals surface area contributed by atoms with Crippen LogP contribution in [0.15, 0.2) is 48.5 Å². The number of ether oxygens (including phenoxy) is 1. The molecule has 1 saturated carbocycles. The summed E-state index contributed by atoms with van der Waals surface area (Å²) in [7, 11) is 1.59. The molecule has 4 nitrogen and oxygen atoms in total. The van der Waals surface area contributed by atoms with Crippen LogP contribution in [0.25, 0.3) is 16.9 Å². The Morgan fingerprint density at radius 1 is 1.03 bits per heavy atom. The van der Waals surface area contributed by atoms with Gasteiger partial charge in [-0.05, 0) is 67.8 Å². The lowest BCUT2D eigenvalue weighted by Gasteiger charge is -2.22. The third-order valence-electron chi connectivity index (χ3n) is 5.97. The van der Waals surface area contributed by atoms with Crippen molar-refractivity contribution < 1.29 is 18.3 Å². The van der Waals surface area contributed by atoms with Crippen LogP contribution in [0, 0.1) is 18.6 Å². The molecule has 4 rings (SSSR count). The van der Waals surface area contributed by atoms with Gasteiger partial charge in [0.1, 0.15) is 17.4 Å². The van der Waals surface area contributed by atoms with Crippen molar-refractivity contribution in [2.24, 2.45) is 0 Å². The molecule has 0 saturated heterocycles. The van der Waals surface area contributed by atoms with Crippen molar-refractivity contribution >= 4 is 5.91 Å². The highest BCUT2D eigenvalue weighted by Gasteiger charge is 2.24. The molecule has 31 heavy (non-hydrogen) atoms. The molecule has 1 aliphatic carbocycles. The van der Waals surface area contributed by atoms with Crippen LogP contribution in [0.3, 0.4) is 0 Å². The Hall–Kier alpha value is -3.15. The van der Waals surface area contributed by atoms with Gasteiger partial charge in [0.15, 0.2) is 0 Å². The molecular weight excluding hydrogens is 398 g/mol. The van der Waals surface area contributed by atoms with Crippen molar-refractivity contribution in [3.8, 4) is 22.7 Å². The Labute approximate surface area is 180 Å². The number of nitrogens with zero attached hydrogens (tertiary/aromatic N) is 1. The predicted molar refractivity (Wildman–Crippen MR) is 117 cm³/mol. The van der Waals surface area contributed by atoms with Crippen molar-refractivity contribution in [1.29, 1.82) is 0 Å². The van der Waals surface area contributed by atoms with Gasteiger partial charge in [-0.25, -0.2) is 8.78 Å². The number of halogens is 2. The molecule has 1 N–H and O–H groups in total. The van der Waals surface area contributed by atoms with Gasteiger partial charge in [-0.1, -0.05) is 19.3 Å². The van der Waals surface area contributed by atoms with E-state index in [1.807, 2.05) is 24.3 Å². The van der Waals surface area contributed by atoms with Crippen LogP contribution in [0.1, 0.15) is 48.2 Å². The SMILES string of the molecule is COc1ccc(-c2cc(C(=O)NC3CCCCC3)c(C)n2-c2ccc(F)cc2F)cc1. The van der Waals surface area contributed by atoms with E-state index in [4.69, 9.17) is 4.74 Å². The summed E-state index contributed by atoms with van der Waals surface area (Å²) >= 11 is 0. The fraction of sp³-hybridized carbons (Fsp3) is 0.320. The summed E-state index contributed by atoms with van der Waals surface area (Å²) in [4.78, 5) is 13.1. The zero-order chi connectivity index (χ0) is 22.0. The first-order valence-corrected chi connectivity index (χ1v) is 10.6. The summed E-state index contributed by atoms with van der Waals surface area (Å²) in [5.74, 6) is -0.803. The van der Waals surface area contributed by atoms with E-state index in [-0.39, 0.29) is 17.6 Å². The van der Waals surface area contributed by atoms with Crippen molar-refractivity contribution in [2.75, 3.05) is 7.11 Å². The molecule has 1 fully saturated rings. The summed E-state index contributed by atoms with van der Waals surface area (Å²) < 4.78 is 35.2. The standard InChI is InChI=1S/C25H26F2N2O2/c1-16-21(25(30)28-19-6-4-3-5-7-19)15-24(17-8-11-20(31-2)12-9-17)29(16)23-13-10-18(26)14-22(23)27/h8-15,19H,3-7H2,1-2H3,(H,28,30). The molecule has 1 heterocycles. The number of hydrogen-bond donors (Lipinski definition) is 1. The Morgan fingerprint density at radius 2 is 1.74 bits per heavy atom. The van der Waals surface area contributed by atoms with Gasteiger partial charge in [0, 0.05) is 17.8 Å². The van der Waals surface area contributed by atoms with Crippen LogP contribution in [0.5, 0.6) is 5.75 Å². The predicted octanol–water partition coefficient (Wildman–Crippen LogP) is 5.80. The monoisotopic (exact) mass is 424 g/mol. The van der Waals surface area contributed by atoms with Gasteiger partial charge in [-0.2, -0.15) is 0 Å². The summed E-state index contributed by atoms with van der Waals surface area (Å²) in [6, 6.07) is 12.7. The minimum absolute atomic E-state index is 0.163. The second kappa shape index (κ2) is 8.92. The van der Waals surface area contributed by atoms with E-state index in [0.717, 1.165) is 37.3 Å². The van der Waals surface area contributed by atoms with Gasteiger partial charge in [0.25, 0.3) is 5.91 Å². The van der Waals surface area contributed by atoms with Crippen LogP contribution in [-0.2, 0) is 0 Å². The second-order valence-electron chi connectivity index (χ2n) is 8.00. The first kappa shape index (κ1) is 21.1. The summed E-state index contributed by atoms with van der Waals surface area (Å²) in [6.07, 6.45) is 5.38. The summed E-state index contributed by atoms with van der Waals surface area (Å²) in [6.45, 7) is 1.78. The molecule has 162 valence electrons. The van der Waals surface area contributed by atoms with Crippen LogP contribution < -0.4 is 10.1 Å². The van der Waals surface area contributed by atoms with E-state index in [1.54, 1.807) is 24.7 Å². The molecule has 0 aliphatic heterocycles. The maximum Gasteiger partial charge on any atom is 0.253 e. The van der Waals surface area contributed by atoms with Gasteiger partial charge in [0.05, 0.1) is 24.1 Å². The fourth-order valence-electron chi connectivity index (χ4n) is 4.29. The van der Waals surface area contributed by atoms with E-state index in [2.05, 4.69) is 5.32 Å². The first-order chi connectivity index (χ1) is 15.0. The fourth-order valence-corrected chi connectivity index (χ4v) is 4.29. The molecule has 0 bridgehead atoms. The number of hydrogen-bond acceptors (Lipinski definition) is 2. The molecular formula is C25H26F2N2O2. The number of carbonyl (C=O) groups is 1. The summed E-state index contributed by atoms with van der Waals surface area (Å²) in [5.41, 5.74) is 2.73. The van der Waals surface area contributed by atoms with E-state index >= 15 is 0 Å². The summed E-state index contributed by atoms with van der Waals surface area (Å²) in [5, 5.41) is 3.14. The molecule has 0 atom stereocenters. The number of aromatic nitrogens is 1. The lowest BCUT2D eigenvalue weighted by atomic mass is 9.95. The highest BCUT2D eigenvalue weighted by molar-refractivity contribution is 5.97. The maximum absolute atomic E-state index is 14.7. The number of rotatable bonds is 5. The number of carbonyl (C=O) groups excluding carboxylic acids is 1. The van der Waals surface area contributed by atoms with Gasteiger partial charge in [-0.15, -0.1) is 0 Å². The molecule has 0 spiro atoms. The minimum atomic E-state index is -0.687. The van der Waals surface area contributed by atoms with Crippen molar-refractivity contribution in [3.05, 3.63) is 71.4 Å². The van der Waals surface area contributed by atoms with Gasteiger partial charge in [-0.3, -0.25) is 4.79 Å². The third-order valence-corrected chi connectivity index (χ3v) is 5.97. The molecule has 3 aromatic rings. The number of methoxy groups -OCH3 is 1. The Bertz CT molecular complexity index is 1080. The van der Waals surface area contributed by atoms with Crippen LogP contribution in [0.2, 0.25) is 0 Å². The minimum Gasteiger partial charge on any atom is -0.497 e. The van der Waals surface area contributed by atoms with Crippen molar-refractivity contribution in [3.63, 3.8) is 0 Å². The lowest BCUT2D eigenvalue weighted by Crippen LogP contribution is -2.36. The molecule has 0 radical (unpaired) electrons. The van der Waals surface area contributed by atoms with Crippen molar-refractivity contribution in [1.82, 2.24) is 9.88 Å². The number of nitrogens with one attached hydrogen (secondary N) is 1. The van der Waals surface area contributed by atoms with Gasteiger partial charge in [0.2, 0.25) is 0 Å². The average Bonchev–Trinajstić information content (AvgIpc) is 3.11. The van der Waals surface area contributed by atoms with Gasteiger partial charge >= 0.3 is 0 Å². The number of benzene rings is 2. The zero-order valence-electron chi connectivity index (χ0n) is 17.8. The topological polar surface area (TPSA) is 43.3 Å². The lowest BCUT2D eigenvalue weighted by molar-refractivity contribution is 0.0927. The molecule has 1 amide bonds. The van der Waals surface area contributed by atoms with E-state index in [9.17, 15) is 13.6 Å².